The number of amides is 2. The van der Waals surface area contributed by atoms with Crippen LogP contribution < -0.4 is 10.6 Å². The van der Waals surface area contributed by atoms with Crippen LogP contribution in [-0.2, 0) is 4.79 Å². The zero-order chi connectivity index (χ0) is 17.6. The summed E-state index contributed by atoms with van der Waals surface area (Å²) in [6, 6.07) is 14.2. The molecular weight excluding hydrogens is 338 g/mol. The Balaban J connectivity index is 1.56. The number of rotatable bonds is 5. The molecule has 2 N–H and O–H groups in total. The molecule has 25 heavy (non-hydrogen) atoms. The summed E-state index contributed by atoms with van der Waals surface area (Å²) < 4.78 is 0. The minimum absolute atomic E-state index is 0.0459. The highest BCUT2D eigenvalue weighted by atomic mass is 35.5. The molecule has 0 spiro atoms. The molecule has 1 saturated heterocycles. The molecule has 2 aromatic rings. The smallest absolute Gasteiger partial charge is 0.253 e. The van der Waals surface area contributed by atoms with Crippen LogP contribution in [0.15, 0.2) is 48.5 Å². The van der Waals surface area contributed by atoms with E-state index in [2.05, 4.69) is 10.6 Å². The highest BCUT2D eigenvalue weighted by Crippen LogP contribution is 2.17. The standard InChI is InChI=1S/C19H20ClN3O2/c20-15-6-4-8-17(12-15)22-18(24)13-21-16-7-3-5-14(11-16)19(25)23-9-1-2-10-23/h3-8,11-12,21H,1-2,9-10,13H2,(H,22,24). The number of benzene rings is 2. The lowest BCUT2D eigenvalue weighted by molar-refractivity contribution is -0.114. The molecule has 2 aromatic carbocycles. The van der Waals surface area contributed by atoms with Crippen molar-refractivity contribution in [3.63, 3.8) is 0 Å². The number of nitrogens with zero attached hydrogens (tertiary/aromatic N) is 1. The summed E-state index contributed by atoms with van der Waals surface area (Å²) in [5.74, 6) is -0.136. The van der Waals surface area contributed by atoms with Gasteiger partial charge in [-0.1, -0.05) is 23.7 Å². The van der Waals surface area contributed by atoms with Gasteiger partial charge < -0.3 is 15.5 Å². The van der Waals surface area contributed by atoms with Gasteiger partial charge in [0.2, 0.25) is 5.91 Å². The molecule has 0 saturated carbocycles. The third-order valence-corrected chi connectivity index (χ3v) is 4.30. The topological polar surface area (TPSA) is 61.4 Å². The Morgan fingerprint density at radius 1 is 1.00 bits per heavy atom. The Morgan fingerprint density at radius 2 is 1.72 bits per heavy atom. The van der Waals surface area contributed by atoms with E-state index >= 15 is 0 Å². The van der Waals surface area contributed by atoms with Crippen molar-refractivity contribution in [1.29, 1.82) is 0 Å². The highest BCUT2D eigenvalue weighted by molar-refractivity contribution is 6.30. The minimum Gasteiger partial charge on any atom is -0.376 e. The van der Waals surface area contributed by atoms with Gasteiger partial charge in [-0.2, -0.15) is 0 Å². The van der Waals surface area contributed by atoms with Crippen molar-refractivity contribution in [2.75, 3.05) is 30.3 Å². The maximum atomic E-state index is 12.4. The first kappa shape index (κ1) is 17.3. The Bertz CT molecular complexity index is 773. The van der Waals surface area contributed by atoms with Gasteiger partial charge in [-0.05, 0) is 49.2 Å². The summed E-state index contributed by atoms with van der Waals surface area (Å²) in [5.41, 5.74) is 2.03. The van der Waals surface area contributed by atoms with Crippen molar-refractivity contribution in [2.24, 2.45) is 0 Å². The summed E-state index contributed by atoms with van der Waals surface area (Å²) in [4.78, 5) is 26.3. The number of hydrogen-bond acceptors (Lipinski definition) is 3. The van der Waals surface area contributed by atoms with Crippen LogP contribution >= 0.6 is 11.6 Å². The van der Waals surface area contributed by atoms with E-state index in [9.17, 15) is 9.59 Å². The van der Waals surface area contributed by atoms with Crippen molar-refractivity contribution in [2.45, 2.75) is 12.8 Å². The van der Waals surface area contributed by atoms with E-state index in [1.54, 1.807) is 36.4 Å². The van der Waals surface area contributed by atoms with Crippen LogP contribution in [0.25, 0.3) is 0 Å². The minimum atomic E-state index is -0.182. The van der Waals surface area contributed by atoms with Gasteiger partial charge in [-0.15, -0.1) is 0 Å². The van der Waals surface area contributed by atoms with E-state index in [0.29, 0.717) is 16.3 Å². The number of anilines is 2. The van der Waals surface area contributed by atoms with Gasteiger partial charge in [-0.3, -0.25) is 9.59 Å². The first-order valence-corrected chi connectivity index (χ1v) is 8.68. The van der Waals surface area contributed by atoms with Crippen LogP contribution in [0, 0.1) is 0 Å². The van der Waals surface area contributed by atoms with Gasteiger partial charge in [0.05, 0.1) is 6.54 Å². The van der Waals surface area contributed by atoms with E-state index in [0.717, 1.165) is 31.6 Å². The van der Waals surface area contributed by atoms with Gasteiger partial charge in [0, 0.05) is 35.1 Å². The molecule has 1 aliphatic rings. The van der Waals surface area contributed by atoms with Gasteiger partial charge in [0.25, 0.3) is 5.91 Å². The van der Waals surface area contributed by atoms with Crippen molar-refractivity contribution < 1.29 is 9.59 Å². The van der Waals surface area contributed by atoms with Gasteiger partial charge in [-0.25, -0.2) is 0 Å². The van der Waals surface area contributed by atoms with Crippen molar-refractivity contribution >= 4 is 34.8 Å². The Kier molecular flexibility index (Phi) is 5.56. The van der Waals surface area contributed by atoms with Crippen LogP contribution in [0.3, 0.4) is 0 Å². The van der Waals surface area contributed by atoms with E-state index in [1.165, 1.54) is 0 Å². The molecule has 1 aliphatic heterocycles. The second-order valence-corrected chi connectivity index (χ2v) is 6.43. The van der Waals surface area contributed by atoms with Gasteiger partial charge in [0.1, 0.15) is 0 Å². The largest absolute Gasteiger partial charge is 0.376 e. The molecule has 130 valence electrons. The molecule has 0 radical (unpaired) electrons. The molecule has 0 atom stereocenters. The fourth-order valence-corrected chi connectivity index (χ4v) is 3.01. The molecule has 2 amide bonds. The van der Waals surface area contributed by atoms with Crippen molar-refractivity contribution in [1.82, 2.24) is 4.90 Å². The van der Waals surface area contributed by atoms with Crippen LogP contribution in [0.1, 0.15) is 23.2 Å². The molecule has 0 unspecified atom stereocenters. The third kappa shape index (κ3) is 4.73. The number of nitrogens with one attached hydrogen (secondary N) is 2. The number of likely N-dealkylation sites (tertiary alicyclic amines) is 1. The molecule has 3 rings (SSSR count). The highest BCUT2D eigenvalue weighted by Gasteiger charge is 2.19. The summed E-state index contributed by atoms with van der Waals surface area (Å²) in [6.45, 7) is 1.74. The zero-order valence-corrected chi connectivity index (χ0v) is 14.6. The first-order valence-electron chi connectivity index (χ1n) is 8.30. The molecule has 0 bridgehead atoms. The van der Waals surface area contributed by atoms with Crippen molar-refractivity contribution in [3.8, 4) is 0 Å². The third-order valence-electron chi connectivity index (χ3n) is 4.06. The van der Waals surface area contributed by atoms with E-state index < -0.39 is 0 Å². The number of carbonyl (C=O) groups is 2. The molecule has 0 aliphatic carbocycles. The summed E-state index contributed by atoms with van der Waals surface area (Å²) >= 11 is 5.90. The maximum absolute atomic E-state index is 12.4. The normalized spacial score (nSPS) is 13.6. The Morgan fingerprint density at radius 3 is 2.48 bits per heavy atom. The first-order chi connectivity index (χ1) is 12.1. The number of carbonyl (C=O) groups excluding carboxylic acids is 2. The molecule has 1 fully saturated rings. The second-order valence-electron chi connectivity index (χ2n) is 5.99. The lowest BCUT2D eigenvalue weighted by Gasteiger charge is -2.16. The number of hydrogen-bond donors (Lipinski definition) is 2. The SMILES string of the molecule is O=C(CNc1cccc(C(=O)N2CCCC2)c1)Nc1cccc(Cl)c1. The van der Waals surface area contributed by atoms with E-state index in [4.69, 9.17) is 11.6 Å². The van der Waals surface area contributed by atoms with Crippen LogP contribution in [0.4, 0.5) is 11.4 Å². The van der Waals surface area contributed by atoms with Crippen LogP contribution in [0.2, 0.25) is 5.02 Å². The number of halogens is 1. The summed E-state index contributed by atoms with van der Waals surface area (Å²) in [5, 5.41) is 6.39. The average molecular weight is 358 g/mol. The Labute approximate surface area is 152 Å². The van der Waals surface area contributed by atoms with Crippen molar-refractivity contribution in [3.05, 3.63) is 59.1 Å². The van der Waals surface area contributed by atoms with E-state index in [-0.39, 0.29) is 18.4 Å². The van der Waals surface area contributed by atoms with E-state index in [1.807, 2.05) is 17.0 Å². The molecule has 5 nitrogen and oxygen atoms in total. The monoisotopic (exact) mass is 357 g/mol. The fraction of sp³-hybridized carbons (Fsp3) is 0.263. The lowest BCUT2D eigenvalue weighted by atomic mass is 10.1. The fourth-order valence-electron chi connectivity index (χ4n) is 2.82. The molecular formula is C19H20ClN3O2. The quantitative estimate of drug-likeness (QED) is 0.859. The zero-order valence-electron chi connectivity index (χ0n) is 13.8. The molecule has 1 heterocycles. The Hall–Kier alpha value is -2.53. The molecule has 0 aromatic heterocycles. The lowest BCUT2D eigenvalue weighted by Crippen LogP contribution is -2.27. The van der Waals surface area contributed by atoms with Gasteiger partial charge in [0.15, 0.2) is 0 Å². The predicted molar refractivity (Wildman–Crippen MR) is 100 cm³/mol. The predicted octanol–water partition coefficient (Wildman–Crippen LogP) is 3.63. The van der Waals surface area contributed by atoms with Crippen LogP contribution in [-0.4, -0.2) is 36.3 Å². The summed E-state index contributed by atoms with van der Waals surface area (Å²) in [6.07, 6.45) is 2.13. The second kappa shape index (κ2) is 8.03. The maximum Gasteiger partial charge on any atom is 0.253 e. The average Bonchev–Trinajstić information content (AvgIpc) is 3.14. The van der Waals surface area contributed by atoms with Crippen LogP contribution in [0.5, 0.6) is 0 Å². The summed E-state index contributed by atoms with van der Waals surface area (Å²) in [7, 11) is 0. The van der Waals surface area contributed by atoms with Gasteiger partial charge >= 0.3 is 0 Å². The molecule has 6 heteroatoms.